The van der Waals surface area contributed by atoms with Gasteiger partial charge >= 0.3 is 5.97 Å². The number of hydrogen-bond acceptors (Lipinski definition) is 5. The second-order valence-electron chi connectivity index (χ2n) is 4.80. The van der Waals surface area contributed by atoms with E-state index in [4.69, 9.17) is 10.8 Å². The van der Waals surface area contributed by atoms with E-state index in [9.17, 15) is 14.4 Å². The second kappa shape index (κ2) is 6.02. The standard InChI is InChI=1S/C12H17N3O4S/c1-12(2,11(18)19)15(3)6-8(16)14-10-7(9(13)17)4-5-20-10/h4-5H,6H2,1-3H3,(H2,13,17)(H,14,16)(H,18,19). The molecule has 0 atom stereocenters. The lowest BCUT2D eigenvalue weighted by Crippen LogP contribution is -2.50. The third-order valence-corrected chi connectivity index (χ3v) is 3.87. The largest absolute Gasteiger partial charge is 0.480 e. The molecule has 4 N–H and O–H groups in total. The smallest absolute Gasteiger partial charge is 0.323 e. The van der Waals surface area contributed by atoms with Crippen molar-refractivity contribution < 1.29 is 19.5 Å². The number of carboxylic acids is 1. The molecule has 1 aromatic rings. The number of hydrogen-bond donors (Lipinski definition) is 3. The lowest BCUT2D eigenvalue weighted by Gasteiger charge is -2.30. The molecule has 1 heterocycles. The molecule has 0 aliphatic heterocycles. The maximum Gasteiger partial charge on any atom is 0.323 e. The van der Waals surface area contributed by atoms with E-state index in [1.54, 1.807) is 5.38 Å². The van der Waals surface area contributed by atoms with Gasteiger partial charge in [-0.1, -0.05) is 0 Å². The Bertz CT molecular complexity index is 539. The van der Waals surface area contributed by atoms with Gasteiger partial charge in [-0.3, -0.25) is 19.3 Å². The quantitative estimate of drug-likeness (QED) is 0.711. The monoisotopic (exact) mass is 299 g/mol. The van der Waals surface area contributed by atoms with Crippen LogP contribution in [0.3, 0.4) is 0 Å². The van der Waals surface area contributed by atoms with E-state index in [1.807, 2.05) is 0 Å². The first-order chi connectivity index (χ1) is 9.16. The van der Waals surface area contributed by atoms with Crippen LogP contribution >= 0.6 is 11.3 Å². The van der Waals surface area contributed by atoms with Crippen LogP contribution in [0.2, 0.25) is 0 Å². The van der Waals surface area contributed by atoms with Crippen molar-refractivity contribution in [3.05, 3.63) is 17.0 Å². The SMILES string of the molecule is CN(CC(=O)Nc1sccc1C(N)=O)C(C)(C)C(=O)O. The molecule has 0 bridgehead atoms. The van der Waals surface area contributed by atoms with Gasteiger partial charge in [0.25, 0.3) is 5.91 Å². The van der Waals surface area contributed by atoms with Gasteiger partial charge in [0.2, 0.25) is 5.91 Å². The van der Waals surface area contributed by atoms with E-state index >= 15 is 0 Å². The molecule has 20 heavy (non-hydrogen) atoms. The van der Waals surface area contributed by atoms with Crippen LogP contribution in [0.4, 0.5) is 5.00 Å². The molecule has 0 aliphatic rings. The maximum atomic E-state index is 11.9. The van der Waals surface area contributed by atoms with Crippen molar-refractivity contribution in [2.24, 2.45) is 5.73 Å². The molecule has 0 radical (unpaired) electrons. The predicted octanol–water partition coefficient (Wildman–Crippen LogP) is 0.580. The minimum atomic E-state index is -1.17. The maximum absolute atomic E-state index is 11.9. The number of likely N-dealkylation sites (N-methyl/N-ethyl adjacent to an activating group) is 1. The molecule has 110 valence electrons. The van der Waals surface area contributed by atoms with Gasteiger partial charge in [-0.15, -0.1) is 11.3 Å². The average Bonchev–Trinajstić information content (AvgIpc) is 2.76. The number of rotatable bonds is 6. The van der Waals surface area contributed by atoms with Crippen molar-refractivity contribution in [1.82, 2.24) is 4.90 Å². The Balaban J connectivity index is 2.71. The van der Waals surface area contributed by atoms with Crippen LogP contribution in [0.15, 0.2) is 11.4 Å². The zero-order valence-corrected chi connectivity index (χ0v) is 12.3. The van der Waals surface area contributed by atoms with Gasteiger partial charge in [-0.25, -0.2) is 0 Å². The summed E-state index contributed by atoms with van der Waals surface area (Å²) in [6, 6.07) is 1.52. The molecule has 1 aromatic heterocycles. The van der Waals surface area contributed by atoms with Crippen molar-refractivity contribution in [3.8, 4) is 0 Å². The first-order valence-corrected chi connectivity index (χ1v) is 6.66. The summed E-state index contributed by atoms with van der Waals surface area (Å²) in [5, 5.41) is 13.6. The molecule has 0 saturated carbocycles. The van der Waals surface area contributed by atoms with Crippen LogP contribution in [-0.4, -0.2) is 46.9 Å². The zero-order valence-electron chi connectivity index (χ0n) is 11.5. The minimum absolute atomic E-state index is 0.116. The summed E-state index contributed by atoms with van der Waals surface area (Å²) in [5.41, 5.74) is 4.25. The summed E-state index contributed by atoms with van der Waals surface area (Å²) in [5.74, 6) is -2.06. The van der Waals surface area contributed by atoms with E-state index in [2.05, 4.69) is 5.32 Å². The van der Waals surface area contributed by atoms with Crippen LogP contribution in [0.5, 0.6) is 0 Å². The van der Waals surface area contributed by atoms with Crippen molar-refractivity contribution >= 4 is 34.1 Å². The highest BCUT2D eigenvalue weighted by Gasteiger charge is 2.33. The Morgan fingerprint density at radius 3 is 2.55 bits per heavy atom. The highest BCUT2D eigenvalue weighted by atomic mass is 32.1. The topological polar surface area (TPSA) is 113 Å². The summed E-state index contributed by atoms with van der Waals surface area (Å²) in [4.78, 5) is 35.5. The van der Waals surface area contributed by atoms with Gasteiger partial charge < -0.3 is 16.2 Å². The number of carbonyl (C=O) groups is 3. The number of nitrogens with two attached hydrogens (primary N) is 1. The highest BCUT2D eigenvalue weighted by molar-refractivity contribution is 7.14. The van der Waals surface area contributed by atoms with Crippen molar-refractivity contribution in [2.75, 3.05) is 18.9 Å². The molecule has 0 saturated heterocycles. The lowest BCUT2D eigenvalue weighted by atomic mass is 10.0. The number of anilines is 1. The first-order valence-electron chi connectivity index (χ1n) is 5.78. The van der Waals surface area contributed by atoms with Crippen LogP contribution in [0, 0.1) is 0 Å². The summed E-state index contributed by atoms with van der Waals surface area (Å²) in [6.45, 7) is 2.89. The molecule has 0 spiro atoms. The Morgan fingerprint density at radius 2 is 2.05 bits per heavy atom. The fourth-order valence-corrected chi connectivity index (χ4v) is 2.15. The second-order valence-corrected chi connectivity index (χ2v) is 5.71. The number of carbonyl (C=O) groups excluding carboxylic acids is 2. The number of nitrogens with one attached hydrogen (secondary N) is 1. The van der Waals surface area contributed by atoms with Crippen molar-refractivity contribution in [2.45, 2.75) is 19.4 Å². The molecule has 0 unspecified atom stereocenters. The molecule has 0 aromatic carbocycles. The van der Waals surface area contributed by atoms with Crippen LogP contribution in [0.25, 0.3) is 0 Å². The number of nitrogens with zero attached hydrogens (tertiary/aromatic N) is 1. The summed E-state index contributed by atoms with van der Waals surface area (Å²) in [7, 11) is 1.54. The van der Waals surface area contributed by atoms with Crippen LogP contribution < -0.4 is 11.1 Å². The Kier molecular flexibility index (Phi) is 4.85. The van der Waals surface area contributed by atoms with Crippen molar-refractivity contribution in [1.29, 1.82) is 0 Å². The lowest BCUT2D eigenvalue weighted by molar-refractivity contribution is -0.148. The highest BCUT2D eigenvalue weighted by Crippen LogP contribution is 2.22. The molecule has 2 amide bonds. The van der Waals surface area contributed by atoms with Crippen LogP contribution in [-0.2, 0) is 9.59 Å². The molecule has 0 aliphatic carbocycles. The Morgan fingerprint density at radius 1 is 1.45 bits per heavy atom. The number of amides is 2. The van der Waals surface area contributed by atoms with E-state index < -0.39 is 23.3 Å². The minimum Gasteiger partial charge on any atom is -0.480 e. The summed E-state index contributed by atoms with van der Waals surface area (Å²) in [6.07, 6.45) is 0. The average molecular weight is 299 g/mol. The number of thiophene rings is 1. The number of carboxylic acid groups (broad SMARTS) is 1. The fourth-order valence-electron chi connectivity index (χ4n) is 1.34. The molecular weight excluding hydrogens is 282 g/mol. The fraction of sp³-hybridized carbons (Fsp3) is 0.417. The zero-order chi connectivity index (χ0) is 15.5. The van der Waals surface area contributed by atoms with E-state index in [0.717, 1.165) is 0 Å². The van der Waals surface area contributed by atoms with Crippen molar-refractivity contribution in [3.63, 3.8) is 0 Å². The van der Waals surface area contributed by atoms with Gasteiger partial charge in [0.05, 0.1) is 12.1 Å². The van der Waals surface area contributed by atoms with Gasteiger partial charge in [0, 0.05) is 0 Å². The third-order valence-electron chi connectivity index (χ3n) is 3.04. The third kappa shape index (κ3) is 3.55. The van der Waals surface area contributed by atoms with Gasteiger partial charge in [-0.05, 0) is 32.3 Å². The van der Waals surface area contributed by atoms with Gasteiger partial charge in [0.15, 0.2) is 0 Å². The first kappa shape index (κ1) is 16.1. The van der Waals surface area contributed by atoms with E-state index in [-0.39, 0.29) is 12.1 Å². The molecule has 0 fully saturated rings. The Hall–Kier alpha value is -1.93. The van der Waals surface area contributed by atoms with E-state index in [0.29, 0.717) is 5.00 Å². The van der Waals surface area contributed by atoms with E-state index in [1.165, 1.54) is 43.2 Å². The van der Waals surface area contributed by atoms with Crippen LogP contribution in [0.1, 0.15) is 24.2 Å². The molecule has 8 heteroatoms. The summed E-state index contributed by atoms with van der Waals surface area (Å²) < 4.78 is 0. The molecular formula is C12H17N3O4S. The molecule has 7 nitrogen and oxygen atoms in total. The number of primary amides is 1. The summed E-state index contributed by atoms with van der Waals surface area (Å²) >= 11 is 1.18. The Labute approximate surface area is 120 Å². The normalized spacial score (nSPS) is 11.4. The van der Waals surface area contributed by atoms with Gasteiger partial charge in [-0.2, -0.15) is 0 Å². The number of aliphatic carboxylic acids is 1. The molecule has 1 rings (SSSR count). The predicted molar refractivity (Wildman–Crippen MR) is 75.8 cm³/mol. The van der Waals surface area contributed by atoms with Gasteiger partial charge in [0.1, 0.15) is 10.5 Å².